The van der Waals surface area contributed by atoms with Crippen LogP contribution in [-0.2, 0) is 27.0 Å². The third-order valence-corrected chi connectivity index (χ3v) is 7.68. The Kier molecular flexibility index (Phi) is 5.81. The summed E-state index contributed by atoms with van der Waals surface area (Å²) < 4.78 is 39.2. The molecule has 5 rings (SSSR count). The van der Waals surface area contributed by atoms with Crippen molar-refractivity contribution in [3.63, 3.8) is 0 Å². The van der Waals surface area contributed by atoms with Crippen molar-refractivity contribution in [2.24, 2.45) is 21.5 Å². The largest absolute Gasteiger partial charge is 0.416 e. The number of rotatable bonds is 5. The molecular formula is C23H27F3N8O4. The quantitative estimate of drug-likeness (QED) is 0.286. The molecule has 38 heavy (non-hydrogen) atoms. The van der Waals surface area contributed by atoms with Crippen molar-refractivity contribution >= 4 is 29.6 Å². The van der Waals surface area contributed by atoms with Crippen LogP contribution in [0.3, 0.4) is 0 Å². The molecule has 3 unspecified atom stereocenters. The molecule has 0 aliphatic carbocycles. The van der Waals surface area contributed by atoms with Gasteiger partial charge in [-0.2, -0.15) is 13.2 Å². The van der Waals surface area contributed by atoms with Crippen molar-refractivity contribution in [3.8, 4) is 0 Å². The minimum atomic E-state index is -4.55. The Balaban J connectivity index is 1.39. The maximum Gasteiger partial charge on any atom is 0.416 e. The third-order valence-electron chi connectivity index (χ3n) is 7.68. The minimum absolute atomic E-state index is 0.0161. The molecule has 0 radical (unpaired) electrons. The van der Waals surface area contributed by atoms with Crippen molar-refractivity contribution in [2.45, 2.75) is 61.8 Å². The van der Waals surface area contributed by atoms with Crippen LogP contribution in [-0.4, -0.2) is 87.0 Å². The minimum Gasteiger partial charge on any atom is -0.383 e. The molecule has 4 aliphatic rings. The SMILES string of the molecule is C[C@]1(O)C(NC(=O)Cc2cccc(C(F)(F)F)c2)CN2C(N)=N[C@@H](CN3C(=O)CCC3=O)C3N=C(N)NC321. The molecule has 204 valence electrons. The highest BCUT2D eigenvalue weighted by molar-refractivity contribution is 6.02. The average Bonchev–Trinajstić information content (AvgIpc) is 3.41. The number of carbonyl (C=O) groups is 3. The number of aliphatic hydroxyl groups is 1. The summed E-state index contributed by atoms with van der Waals surface area (Å²) >= 11 is 0. The van der Waals surface area contributed by atoms with Crippen LogP contribution in [0, 0.1) is 0 Å². The van der Waals surface area contributed by atoms with Gasteiger partial charge in [0.25, 0.3) is 0 Å². The second kappa shape index (κ2) is 8.58. The number of benzene rings is 1. The van der Waals surface area contributed by atoms with Gasteiger partial charge in [-0.15, -0.1) is 0 Å². The van der Waals surface area contributed by atoms with Crippen LogP contribution in [0.5, 0.6) is 0 Å². The highest BCUT2D eigenvalue weighted by Gasteiger charge is 2.71. The first-order chi connectivity index (χ1) is 17.7. The Morgan fingerprint density at radius 1 is 1.24 bits per heavy atom. The first-order valence-electron chi connectivity index (χ1n) is 12.0. The number of hydrogen-bond donors (Lipinski definition) is 5. The van der Waals surface area contributed by atoms with E-state index in [4.69, 9.17) is 11.5 Å². The Bertz CT molecular complexity index is 1250. The van der Waals surface area contributed by atoms with Gasteiger partial charge in [0.05, 0.1) is 30.6 Å². The Labute approximate surface area is 214 Å². The van der Waals surface area contributed by atoms with Crippen molar-refractivity contribution in [3.05, 3.63) is 35.4 Å². The molecule has 1 aromatic rings. The lowest BCUT2D eigenvalue weighted by atomic mass is 9.78. The number of nitrogens with two attached hydrogens (primary N) is 2. The lowest BCUT2D eigenvalue weighted by Crippen LogP contribution is -2.77. The number of nitrogens with zero attached hydrogens (tertiary/aromatic N) is 4. The van der Waals surface area contributed by atoms with Gasteiger partial charge in [0.2, 0.25) is 17.7 Å². The van der Waals surface area contributed by atoms with Crippen LogP contribution in [0.15, 0.2) is 34.3 Å². The van der Waals surface area contributed by atoms with E-state index in [1.807, 2.05) is 0 Å². The van der Waals surface area contributed by atoms with E-state index in [9.17, 15) is 32.7 Å². The molecule has 2 fully saturated rings. The molecule has 1 spiro atoms. The van der Waals surface area contributed by atoms with E-state index in [1.165, 1.54) is 24.0 Å². The monoisotopic (exact) mass is 536 g/mol. The topological polar surface area (TPSA) is 179 Å². The van der Waals surface area contributed by atoms with Gasteiger partial charge in [-0.25, -0.2) is 9.98 Å². The summed E-state index contributed by atoms with van der Waals surface area (Å²) in [5.41, 5.74) is 8.33. The Morgan fingerprint density at radius 2 is 1.92 bits per heavy atom. The van der Waals surface area contributed by atoms with Gasteiger partial charge in [0.15, 0.2) is 17.6 Å². The van der Waals surface area contributed by atoms with Gasteiger partial charge < -0.3 is 32.1 Å². The predicted octanol–water partition coefficient (Wildman–Crippen LogP) is -1.37. The average molecular weight is 537 g/mol. The number of carbonyl (C=O) groups excluding carboxylic acids is 3. The molecule has 0 saturated carbocycles. The predicted molar refractivity (Wildman–Crippen MR) is 127 cm³/mol. The standard InChI is InChI=1S/C23H27F3N8O4/c1-21(38)14(30-15(35)8-11-3-2-4-12(7-11)23(24,25)26)10-34-20(28)29-13(9-33-16(36)5-6-17(33)37)18-22(21,34)32-19(27)31-18/h2-4,7,13-14,18,38H,5-6,8-10H2,1H3,(H2,28,29)(H,30,35)(H3,27,31,32)/t13-,14?,18?,21-,22?/m0/s1. The summed E-state index contributed by atoms with van der Waals surface area (Å²) in [7, 11) is 0. The van der Waals surface area contributed by atoms with E-state index >= 15 is 0 Å². The number of alkyl halides is 3. The van der Waals surface area contributed by atoms with E-state index in [0.717, 1.165) is 17.0 Å². The maximum atomic E-state index is 13.1. The summed E-state index contributed by atoms with van der Waals surface area (Å²) in [6, 6.07) is 1.78. The number of hydrogen-bond acceptors (Lipinski definition) is 10. The van der Waals surface area contributed by atoms with E-state index in [2.05, 4.69) is 20.6 Å². The Morgan fingerprint density at radius 3 is 2.58 bits per heavy atom. The highest BCUT2D eigenvalue weighted by Crippen LogP contribution is 2.46. The van der Waals surface area contributed by atoms with Crippen LogP contribution < -0.4 is 22.1 Å². The molecule has 2 saturated heterocycles. The van der Waals surface area contributed by atoms with E-state index in [1.54, 1.807) is 0 Å². The highest BCUT2D eigenvalue weighted by atomic mass is 19.4. The number of guanidine groups is 2. The fourth-order valence-corrected chi connectivity index (χ4v) is 5.82. The second-order valence-corrected chi connectivity index (χ2v) is 10.1. The van der Waals surface area contributed by atoms with E-state index in [0.29, 0.717) is 0 Å². The molecule has 0 aromatic heterocycles. The zero-order chi connectivity index (χ0) is 27.6. The Hall–Kier alpha value is -3.88. The second-order valence-electron chi connectivity index (χ2n) is 10.1. The molecule has 0 bridgehead atoms. The molecule has 7 N–H and O–H groups in total. The molecule has 15 heteroatoms. The zero-order valence-corrected chi connectivity index (χ0v) is 20.3. The van der Waals surface area contributed by atoms with Crippen LogP contribution in [0.2, 0.25) is 0 Å². The first kappa shape index (κ1) is 25.8. The number of halogens is 3. The fraction of sp³-hybridized carbons (Fsp3) is 0.522. The maximum absolute atomic E-state index is 13.1. The fourth-order valence-electron chi connectivity index (χ4n) is 5.82. The summed E-state index contributed by atoms with van der Waals surface area (Å²) in [5, 5.41) is 17.5. The van der Waals surface area contributed by atoms with Gasteiger partial charge >= 0.3 is 6.18 Å². The van der Waals surface area contributed by atoms with Crippen LogP contribution in [0.25, 0.3) is 0 Å². The zero-order valence-electron chi connectivity index (χ0n) is 20.3. The summed E-state index contributed by atoms with van der Waals surface area (Å²) in [6.07, 6.45) is -4.73. The van der Waals surface area contributed by atoms with Crippen LogP contribution >= 0.6 is 0 Å². The lowest BCUT2D eigenvalue weighted by Gasteiger charge is -2.50. The van der Waals surface area contributed by atoms with Crippen LogP contribution in [0.1, 0.15) is 30.9 Å². The van der Waals surface area contributed by atoms with Crippen molar-refractivity contribution in [1.82, 2.24) is 20.4 Å². The van der Waals surface area contributed by atoms with Crippen LogP contribution in [0.4, 0.5) is 13.2 Å². The number of imide groups is 1. The van der Waals surface area contributed by atoms with Crippen molar-refractivity contribution < 1.29 is 32.7 Å². The molecule has 1 aromatic carbocycles. The van der Waals surface area contributed by atoms with Gasteiger partial charge in [-0.05, 0) is 18.6 Å². The molecule has 4 heterocycles. The molecular weight excluding hydrogens is 509 g/mol. The number of aliphatic imine (C=N–C) groups is 2. The summed E-state index contributed by atoms with van der Waals surface area (Å²) in [4.78, 5) is 48.8. The number of amides is 3. The number of nitrogens with one attached hydrogen (secondary N) is 2. The van der Waals surface area contributed by atoms with Gasteiger partial charge in [0, 0.05) is 19.4 Å². The molecule has 3 amide bonds. The van der Waals surface area contributed by atoms with Gasteiger partial charge in [-0.3, -0.25) is 19.3 Å². The third kappa shape index (κ3) is 3.92. The summed E-state index contributed by atoms with van der Waals surface area (Å²) in [6.45, 7) is 1.33. The van der Waals surface area contributed by atoms with Crippen molar-refractivity contribution in [1.29, 1.82) is 0 Å². The van der Waals surface area contributed by atoms with Gasteiger partial charge in [0.1, 0.15) is 11.6 Å². The van der Waals surface area contributed by atoms with Gasteiger partial charge in [-0.1, -0.05) is 18.2 Å². The molecule has 5 atom stereocenters. The van der Waals surface area contributed by atoms with Crippen molar-refractivity contribution in [2.75, 3.05) is 13.1 Å². The van der Waals surface area contributed by atoms with E-state index in [-0.39, 0.29) is 61.6 Å². The number of likely N-dealkylation sites (tertiary alicyclic amines) is 1. The smallest absolute Gasteiger partial charge is 0.383 e. The molecule has 12 nitrogen and oxygen atoms in total. The van der Waals surface area contributed by atoms with E-state index < -0.39 is 47.0 Å². The first-order valence-corrected chi connectivity index (χ1v) is 12.0. The normalized spacial score (nSPS) is 32.5. The summed E-state index contributed by atoms with van der Waals surface area (Å²) in [5.74, 6) is -1.35. The lowest BCUT2D eigenvalue weighted by molar-refractivity contribution is -0.139. The molecule has 4 aliphatic heterocycles.